The molecule has 4 rings (SSSR count). The number of sulfonamides is 2. The first-order chi connectivity index (χ1) is 23.5. The quantitative estimate of drug-likeness (QED) is 0.108. The summed E-state index contributed by atoms with van der Waals surface area (Å²) in [7, 11) is -7.54. The number of benzene rings is 3. The lowest BCUT2D eigenvalue weighted by atomic mass is 10.1. The van der Waals surface area contributed by atoms with E-state index in [1.165, 1.54) is 68.8 Å². The number of hydrogen-bond donors (Lipinski definition) is 2. The van der Waals surface area contributed by atoms with Gasteiger partial charge in [0.1, 0.15) is 31.3 Å². The van der Waals surface area contributed by atoms with E-state index in [0.717, 1.165) is 14.7 Å². The Kier molecular flexibility index (Phi) is 12.0. The van der Waals surface area contributed by atoms with Gasteiger partial charge in [-0.15, -0.1) is 0 Å². The molecule has 0 aliphatic carbocycles. The first-order valence-corrected chi connectivity index (χ1v) is 22.0. The number of hydrogen-bond acceptors (Lipinski definition) is 9. The van der Waals surface area contributed by atoms with Crippen LogP contribution in [-0.4, -0.2) is 89.8 Å². The Morgan fingerprint density at radius 3 is 1.82 bits per heavy atom. The highest BCUT2D eigenvalue weighted by atomic mass is 32.2. The van der Waals surface area contributed by atoms with E-state index in [4.69, 9.17) is 14.2 Å². The number of carboxylic acids is 2. The Balaban J connectivity index is 1.91. The minimum atomic E-state index is -4.51. The normalized spacial score (nSPS) is 12.3. The summed E-state index contributed by atoms with van der Waals surface area (Å²) in [6.45, 7) is 4.68. The highest BCUT2D eigenvalue weighted by Crippen LogP contribution is 2.36. The molecule has 3 aromatic carbocycles. The maximum atomic E-state index is 14.1. The summed E-state index contributed by atoms with van der Waals surface area (Å²) in [6.07, 6.45) is 1.57. The summed E-state index contributed by atoms with van der Waals surface area (Å²) in [5, 5.41) is 19.9. The van der Waals surface area contributed by atoms with Crippen LogP contribution in [0.2, 0.25) is 25.7 Å². The van der Waals surface area contributed by atoms with Crippen molar-refractivity contribution in [1.82, 2.24) is 8.87 Å². The van der Waals surface area contributed by atoms with E-state index in [1.807, 2.05) is 0 Å². The zero-order valence-corrected chi connectivity index (χ0v) is 31.0. The molecular formula is C33H41N3O11S2Si. The molecule has 0 amide bonds. The van der Waals surface area contributed by atoms with Crippen molar-refractivity contribution >= 4 is 56.6 Å². The van der Waals surface area contributed by atoms with Crippen LogP contribution in [0.3, 0.4) is 0 Å². The third-order valence-electron chi connectivity index (χ3n) is 7.74. The predicted octanol–water partition coefficient (Wildman–Crippen LogP) is 4.53. The Morgan fingerprint density at radius 1 is 0.780 bits per heavy atom. The zero-order chi connectivity index (χ0) is 36.9. The summed E-state index contributed by atoms with van der Waals surface area (Å²) in [6, 6.07) is 16.4. The van der Waals surface area contributed by atoms with Crippen LogP contribution in [0.15, 0.2) is 82.7 Å². The molecule has 1 heterocycles. The predicted molar refractivity (Wildman–Crippen MR) is 189 cm³/mol. The summed E-state index contributed by atoms with van der Waals surface area (Å²) < 4.78 is 75.4. The molecule has 0 spiro atoms. The molecule has 0 saturated heterocycles. The summed E-state index contributed by atoms with van der Waals surface area (Å²) in [5.41, 5.74) is 0.597. The molecule has 0 unspecified atom stereocenters. The monoisotopic (exact) mass is 747 g/mol. The second-order valence-electron chi connectivity index (χ2n) is 12.6. The van der Waals surface area contributed by atoms with Gasteiger partial charge < -0.3 is 29.0 Å². The van der Waals surface area contributed by atoms with Crippen molar-refractivity contribution in [3.8, 4) is 11.5 Å². The van der Waals surface area contributed by atoms with Gasteiger partial charge in [-0.05, 0) is 72.3 Å². The van der Waals surface area contributed by atoms with E-state index in [2.05, 4.69) is 19.6 Å². The van der Waals surface area contributed by atoms with Crippen LogP contribution in [0.4, 0.5) is 5.69 Å². The SMILES string of the molecule is COc1ccc(S(=O)(=O)N(CC(=O)O)Cc2cn(COCC[Si](C)(C)C)c3cccc(N(CC(=O)O)S(=O)(=O)c4ccc(OC)cc4)c23)cc1. The standard InChI is InChI=1S/C33H41N3O11S2Si/c1-45-25-9-13-27(14-10-25)48(41,42)35(21-31(37)38)20-24-19-34(23-47-17-18-50(3,4)5)29-7-6-8-30(33(24)29)36(22-32(39)40)49(43,44)28-15-11-26(46-2)12-16-28/h6-16,19H,17-18,20-23H2,1-5H3,(H,37,38)(H,39,40). The highest BCUT2D eigenvalue weighted by molar-refractivity contribution is 7.93. The number of fused-ring (bicyclic) bond motifs is 1. The fourth-order valence-electron chi connectivity index (χ4n) is 5.16. The van der Waals surface area contributed by atoms with Crippen molar-refractivity contribution in [2.45, 2.75) is 48.8 Å². The lowest BCUT2D eigenvalue weighted by Gasteiger charge is -2.25. The van der Waals surface area contributed by atoms with Gasteiger partial charge in [0, 0.05) is 32.8 Å². The minimum absolute atomic E-state index is 0.0127. The topological polar surface area (TPSA) is 182 Å². The Labute approximate surface area is 292 Å². The average molecular weight is 748 g/mol. The molecule has 4 aromatic rings. The van der Waals surface area contributed by atoms with Crippen molar-refractivity contribution < 1.29 is 50.8 Å². The number of aromatic nitrogens is 1. The van der Waals surface area contributed by atoms with E-state index in [9.17, 15) is 36.6 Å². The maximum absolute atomic E-state index is 14.1. The second-order valence-corrected chi connectivity index (χ2v) is 22.0. The van der Waals surface area contributed by atoms with Crippen LogP contribution in [0.1, 0.15) is 5.56 Å². The minimum Gasteiger partial charge on any atom is -0.497 e. The molecule has 1 aromatic heterocycles. The molecule has 0 atom stereocenters. The Hall–Kier alpha value is -4.42. The van der Waals surface area contributed by atoms with Gasteiger partial charge >= 0.3 is 11.9 Å². The molecule has 0 bridgehead atoms. The zero-order valence-electron chi connectivity index (χ0n) is 28.4. The summed E-state index contributed by atoms with van der Waals surface area (Å²) in [5.74, 6) is -2.08. The van der Waals surface area contributed by atoms with Gasteiger partial charge in [0.25, 0.3) is 10.0 Å². The fourth-order valence-corrected chi connectivity index (χ4v) is 8.71. The molecule has 270 valence electrons. The maximum Gasteiger partial charge on any atom is 0.324 e. The van der Waals surface area contributed by atoms with Crippen LogP contribution in [0.25, 0.3) is 10.9 Å². The van der Waals surface area contributed by atoms with Gasteiger partial charge in [-0.3, -0.25) is 13.9 Å². The Bertz CT molecular complexity index is 2040. The molecule has 17 heteroatoms. The number of methoxy groups -OCH3 is 2. The van der Waals surface area contributed by atoms with Crippen LogP contribution in [0, 0.1) is 0 Å². The molecular weight excluding hydrogens is 707 g/mol. The first kappa shape index (κ1) is 38.4. The average Bonchev–Trinajstić information content (AvgIpc) is 3.41. The van der Waals surface area contributed by atoms with Crippen LogP contribution in [0.5, 0.6) is 11.5 Å². The number of ether oxygens (including phenoxy) is 3. The molecule has 0 saturated carbocycles. The molecule has 0 radical (unpaired) electrons. The van der Waals surface area contributed by atoms with Gasteiger partial charge in [-0.1, -0.05) is 25.7 Å². The first-order valence-electron chi connectivity index (χ1n) is 15.4. The van der Waals surface area contributed by atoms with Crippen LogP contribution >= 0.6 is 0 Å². The van der Waals surface area contributed by atoms with E-state index >= 15 is 0 Å². The largest absolute Gasteiger partial charge is 0.497 e. The third-order valence-corrected chi connectivity index (χ3v) is 13.0. The molecule has 2 N–H and O–H groups in total. The number of nitrogens with zero attached hydrogens (tertiary/aromatic N) is 3. The number of carboxylic acid groups (broad SMARTS) is 2. The van der Waals surface area contributed by atoms with Crippen molar-refractivity contribution in [2.24, 2.45) is 0 Å². The number of rotatable bonds is 18. The molecule has 50 heavy (non-hydrogen) atoms. The molecule has 0 aliphatic rings. The number of carbonyl (C=O) groups is 2. The summed E-state index contributed by atoms with van der Waals surface area (Å²) >= 11 is 0. The molecule has 0 aliphatic heterocycles. The lowest BCUT2D eigenvalue weighted by molar-refractivity contribution is -0.137. The lowest BCUT2D eigenvalue weighted by Crippen LogP contribution is -2.36. The number of aliphatic carboxylic acids is 2. The summed E-state index contributed by atoms with van der Waals surface area (Å²) in [4.78, 5) is 23.8. The van der Waals surface area contributed by atoms with Gasteiger partial charge in [0.15, 0.2) is 0 Å². The van der Waals surface area contributed by atoms with Gasteiger partial charge in [-0.25, -0.2) is 16.8 Å². The van der Waals surface area contributed by atoms with Gasteiger partial charge in [0.2, 0.25) is 10.0 Å². The van der Waals surface area contributed by atoms with Gasteiger partial charge in [0.05, 0.1) is 35.2 Å². The van der Waals surface area contributed by atoms with Gasteiger partial charge in [-0.2, -0.15) is 4.31 Å². The van der Waals surface area contributed by atoms with Crippen molar-refractivity contribution in [2.75, 3.05) is 38.2 Å². The smallest absolute Gasteiger partial charge is 0.324 e. The molecule has 14 nitrogen and oxygen atoms in total. The molecule has 0 fully saturated rings. The van der Waals surface area contributed by atoms with E-state index < -0.39 is 59.7 Å². The van der Waals surface area contributed by atoms with Crippen LogP contribution < -0.4 is 13.8 Å². The van der Waals surface area contributed by atoms with E-state index in [0.29, 0.717) is 23.6 Å². The second kappa shape index (κ2) is 15.6. The van der Waals surface area contributed by atoms with Crippen molar-refractivity contribution in [1.29, 1.82) is 0 Å². The third kappa shape index (κ3) is 9.02. The van der Waals surface area contributed by atoms with E-state index in [1.54, 1.807) is 22.9 Å². The van der Waals surface area contributed by atoms with Crippen LogP contribution in [-0.2, 0) is 47.6 Å². The van der Waals surface area contributed by atoms with Crippen molar-refractivity contribution in [3.05, 3.63) is 78.5 Å². The number of anilines is 1. The fraction of sp³-hybridized carbons (Fsp3) is 0.333. The van der Waals surface area contributed by atoms with E-state index in [-0.39, 0.29) is 33.2 Å². The van der Waals surface area contributed by atoms with Crippen molar-refractivity contribution in [3.63, 3.8) is 0 Å². The Morgan fingerprint density at radius 2 is 1.32 bits per heavy atom. The highest BCUT2D eigenvalue weighted by Gasteiger charge is 2.32.